The van der Waals surface area contributed by atoms with Crippen LogP contribution in [0.3, 0.4) is 0 Å². The monoisotopic (exact) mass is 341 g/mol. The average Bonchev–Trinajstić information content (AvgIpc) is 2.97. The van der Waals surface area contributed by atoms with Gasteiger partial charge in [0.2, 0.25) is 11.8 Å². The Morgan fingerprint density at radius 3 is 2.65 bits per heavy atom. The lowest BCUT2D eigenvalue weighted by atomic mass is 10.0. The number of amides is 2. The third-order valence-electron chi connectivity index (χ3n) is 4.95. The van der Waals surface area contributed by atoms with Crippen LogP contribution in [0.5, 0.6) is 0 Å². The number of hydrogen-bond donors (Lipinski definition) is 2. The fourth-order valence-corrected chi connectivity index (χ4v) is 4.54. The Morgan fingerprint density at radius 1 is 1.35 bits per heavy atom. The van der Waals surface area contributed by atoms with Crippen LogP contribution in [0.25, 0.3) is 0 Å². The summed E-state index contributed by atoms with van der Waals surface area (Å²) >= 11 is 1.86. The Kier molecular flexibility index (Phi) is 6.77. The fraction of sp³-hybridized carbons (Fsp3) is 0.882. The van der Waals surface area contributed by atoms with Crippen molar-refractivity contribution in [1.82, 2.24) is 15.5 Å². The first-order valence-electron chi connectivity index (χ1n) is 8.99. The summed E-state index contributed by atoms with van der Waals surface area (Å²) in [5.41, 5.74) is 0. The quantitative estimate of drug-likeness (QED) is 0.777. The third-order valence-corrected chi connectivity index (χ3v) is 6.53. The maximum atomic E-state index is 12.3. The number of nitrogens with zero attached hydrogens (tertiary/aromatic N) is 1. The van der Waals surface area contributed by atoms with Crippen molar-refractivity contribution in [1.29, 1.82) is 0 Å². The zero-order valence-corrected chi connectivity index (χ0v) is 15.5. The van der Waals surface area contributed by atoms with E-state index in [1.165, 1.54) is 0 Å². The van der Waals surface area contributed by atoms with E-state index < -0.39 is 0 Å². The number of nitrogens with one attached hydrogen (secondary N) is 2. The van der Waals surface area contributed by atoms with Crippen molar-refractivity contribution in [2.24, 2.45) is 0 Å². The molecule has 2 rings (SSSR count). The number of unbranched alkanes of at least 4 members (excludes halogenated alkanes) is 1. The summed E-state index contributed by atoms with van der Waals surface area (Å²) in [6.07, 6.45) is 5.53. The lowest BCUT2D eigenvalue weighted by molar-refractivity contribution is -0.132. The predicted molar refractivity (Wildman–Crippen MR) is 95.3 cm³/mol. The topological polar surface area (TPSA) is 61.4 Å². The molecule has 0 saturated carbocycles. The molecule has 0 aromatic carbocycles. The highest BCUT2D eigenvalue weighted by Gasteiger charge is 2.44. The van der Waals surface area contributed by atoms with E-state index in [0.29, 0.717) is 6.42 Å². The van der Waals surface area contributed by atoms with Crippen LogP contribution in [-0.4, -0.2) is 52.5 Å². The van der Waals surface area contributed by atoms with Gasteiger partial charge < -0.3 is 10.2 Å². The molecule has 2 aliphatic heterocycles. The predicted octanol–water partition coefficient (Wildman–Crippen LogP) is 2.12. The van der Waals surface area contributed by atoms with Gasteiger partial charge in [0.05, 0.1) is 10.9 Å². The van der Waals surface area contributed by atoms with Crippen LogP contribution in [0.15, 0.2) is 0 Å². The Morgan fingerprint density at radius 2 is 2.04 bits per heavy atom. The molecular weight excluding hydrogens is 310 g/mol. The van der Waals surface area contributed by atoms with Crippen molar-refractivity contribution in [2.45, 2.75) is 76.3 Å². The molecule has 2 atom stereocenters. The molecule has 1 spiro atoms. The van der Waals surface area contributed by atoms with Gasteiger partial charge in [-0.3, -0.25) is 14.9 Å². The van der Waals surface area contributed by atoms with Crippen molar-refractivity contribution in [2.75, 3.05) is 18.8 Å². The van der Waals surface area contributed by atoms with Gasteiger partial charge in [0.25, 0.3) is 0 Å². The van der Waals surface area contributed by atoms with E-state index in [1.54, 1.807) is 0 Å². The number of carbonyl (C=O) groups excluding carboxylic acids is 2. The average molecular weight is 342 g/mol. The molecule has 2 aliphatic rings. The Bertz CT molecular complexity index is 422. The van der Waals surface area contributed by atoms with E-state index in [4.69, 9.17) is 0 Å². The number of carbonyl (C=O) groups is 2. The summed E-state index contributed by atoms with van der Waals surface area (Å²) < 4.78 is 0. The Balaban J connectivity index is 1.80. The molecule has 2 fully saturated rings. The second-order valence-corrected chi connectivity index (χ2v) is 8.21. The van der Waals surface area contributed by atoms with Crippen molar-refractivity contribution >= 4 is 23.6 Å². The van der Waals surface area contributed by atoms with Gasteiger partial charge in [-0.1, -0.05) is 20.3 Å². The number of hydrogen-bond acceptors (Lipinski definition) is 4. The summed E-state index contributed by atoms with van der Waals surface area (Å²) in [5, 5.41) is 6.62. The molecule has 5 nitrogen and oxygen atoms in total. The van der Waals surface area contributed by atoms with Crippen LogP contribution in [0.1, 0.15) is 59.3 Å². The standard InChI is InChI=1S/C17H31N3O2S/c1-4-6-7-15(21)20-10-8-17(9-11-20)19-14(12-23-17)16(22)18-13(3)5-2/h13-14,19H,4-12H2,1-3H3,(H,18,22)/t13-,14+/m1/s1. The van der Waals surface area contributed by atoms with Gasteiger partial charge in [-0.15, -0.1) is 11.8 Å². The van der Waals surface area contributed by atoms with Gasteiger partial charge in [0.1, 0.15) is 0 Å². The highest BCUT2D eigenvalue weighted by Crippen LogP contribution is 2.39. The number of rotatable bonds is 6. The summed E-state index contributed by atoms with van der Waals surface area (Å²) in [5.74, 6) is 1.23. The number of thioether (sulfide) groups is 1. The maximum Gasteiger partial charge on any atom is 0.238 e. The molecule has 2 amide bonds. The van der Waals surface area contributed by atoms with E-state index in [2.05, 4.69) is 24.5 Å². The van der Waals surface area contributed by atoms with Crippen molar-refractivity contribution < 1.29 is 9.59 Å². The lowest BCUT2D eigenvalue weighted by Gasteiger charge is -2.39. The molecule has 6 heteroatoms. The summed E-state index contributed by atoms with van der Waals surface area (Å²) in [7, 11) is 0. The molecule has 2 saturated heterocycles. The van der Waals surface area contributed by atoms with E-state index in [0.717, 1.165) is 50.9 Å². The van der Waals surface area contributed by atoms with Crippen LogP contribution in [0.2, 0.25) is 0 Å². The Hall–Kier alpha value is -0.750. The lowest BCUT2D eigenvalue weighted by Crippen LogP contribution is -2.55. The molecule has 2 N–H and O–H groups in total. The van der Waals surface area contributed by atoms with E-state index in [-0.39, 0.29) is 28.8 Å². The van der Waals surface area contributed by atoms with Gasteiger partial charge in [-0.25, -0.2) is 0 Å². The Labute approximate surface area is 144 Å². The molecule has 132 valence electrons. The van der Waals surface area contributed by atoms with E-state index in [9.17, 15) is 9.59 Å². The van der Waals surface area contributed by atoms with Crippen molar-refractivity contribution in [3.05, 3.63) is 0 Å². The first-order valence-corrected chi connectivity index (χ1v) is 9.98. The van der Waals surface area contributed by atoms with Gasteiger partial charge in [0.15, 0.2) is 0 Å². The molecule has 23 heavy (non-hydrogen) atoms. The second kappa shape index (κ2) is 8.38. The van der Waals surface area contributed by atoms with Crippen LogP contribution < -0.4 is 10.6 Å². The van der Waals surface area contributed by atoms with E-state index >= 15 is 0 Å². The number of likely N-dealkylation sites (tertiary alicyclic amines) is 1. The van der Waals surface area contributed by atoms with E-state index in [1.807, 2.05) is 23.6 Å². The molecule has 0 aromatic heterocycles. The fourth-order valence-electron chi connectivity index (χ4n) is 3.12. The molecule has 0 radical (unpaired) electrons. The normalized spacial score (nSPS) is 24.7. The van der Waals surface area contributed by atoms with Crippen LogP contribution in [0, 0.1) is 0 Å². The van der Waals surface area contributed by atoms with Gasteiger partial charge >= 0.3 is 0 Å². The smallest absolute Gasteiger partial charge is 0.238 e. The van der Waals surface area contributed by atoms with Crippen molar-refractivity contribution in [3.8, 4) is 0 Å². The summed E-state index contributed by atoms with van der Waals surface area (Å²) in [6.45, 7) is 7.84. The first kappa shape index (κ1) is 18.6. The highest BCUT2D eigenvalue weighted by atomic mass is 32.2. The van der Waals surface area contributed by atoms with Gasteiger partial charge in [-0.05, 0) is 32.6 Å². The minimum Gasteiger partial charge on any atom is -0.352 e. The first-order chi connectivity index (χ1) is 11.0. The van der Waals surface area contributed by atoms with Crippen molar-refractivity contribution in [3.63, 3.8) is 0 Å². The zero-order valence-electron chi connectivity index (χ0n) is 14.7. The molecule has 0 aliphatic carbocycles. The molecule has 2 heterocycles. The zero-order chi connectivity index (χ0) is 16.9. The second-order valence-electron chi connectivity index (χ2n) is 6.80. The minimum atomic E-state index is -0.101. The number of piperidine rings is 1. The minimum absolute atomic E-state index is 0.0149. The SMILES string of the molecule is CCCCC(=O)N1CCC2(CC1)N[C@H](C(=O)N[C@H](C)CC)CS2. The third kappa shape index (κ3) is 4.86. The van der Waals surface area contributed by atoms with Gasteiger partial charge in [0, 0.05) is 31.3 Å². The molecule has 0 aromatic rings. The van der Waals surface area contributed by atoms with Gasteiger partial charge in [-0.2, -0.15) is 0 Å². The molecule has 0 unspecified atom stereocenters. The summed E-state index contributed by atoms with van der Waals surface area (Å²) in [4.78, 5) is 26.4. The van der Waals surface area contributed by atoms with Crippen LogP contribution in [0.4, 0.5) is 0 Å². The van der Waals surface area contributed by atoms with Crippen LogP contribution >= 0.6 is 11.8 Å². The van der Waals surface area contributed by atoms with Crippen LogP contribution in [-0.2, 0) is 9.59 Å². The highest BCUT2D eigenvalue weighted by molar-refractivity contribution is 8.01. The summed E-state index contributed by atoms with van der Waals surface area (Å²) in [6, 6.07) is 0.125. The molecular formula is C17H31N3O2S. The maximum absolute atomic E-state index is 12.3. The largest absolute Gasteiger partial charge is 0.352 e. The molecule has 0 bridgehead atoms.